The standard InChI is InChI=1S/C15H19BrN6O3/c1-8(7-23)18-13-14(22-5-10(6-22)21(2)15(24)25)20-12-11(19-13)3-9(16)4-17-12/h3-4,8,10,23H,5-7H2,1-2H3,(H,18,19)(H,24,25). The number of amides is 1. The highest BCUT2D eigenvalue weighted by Crippen LogP contribution is 2.30. The summed E-state index contributed by atoms with van der Waals surface area (Å²) in [6, 6.07) is 1.55. The summed E-state index contributed by atoms with van der Waals surface area (Å²) in [4.78, 5) is 27.8. The van der Waals surface area contributed by atoms with Gasteiger partial charge in [-0.05, 0) is 28.9 Å². The Hall–Kier alpha value is -2.20. The van der Waals surface area contributed by atoms with E-state index in [1.54, 1.807) is 13.2 Å². The van der Waals surface area contributed by atoms with Gasteiger partial charge < -0.3 is 25.3 Å². The molecule has 1 aliphatic rings. The minimum absolute atomic E-state index is 0.0414. The maximum atomic E-state index is 11.1. The van der Waals surface area contributed by atoms with Crippen LogP contribution in [-0.4, -0.2) is 75.0 Å². The van der Waals surface area contributed by atoms with E-state index in [1.807, 2.05) is 17.9 Å². The first-order chi connectivity index (χ1) is 11.9. The first kappa shape index (κ1) is 17.6. The molecule has 1 fully saturated rings. The van der Waals surface area contributed by atoms with Crippen LogP contribution in [0.3, 0.4) is 0 Å². The molecule has 2 aromatic heterocycles. The molecule has 0 aliphatic carbocycles. The SMILES string of the molecule is CC(CO)Nc1nc2cc(Br)cnc2nc1N1CC(N(C)C(=O)O)C1. The third-order valence-corrected chi connectivity index (χ3v) is 4.57. The van der Waals surface area contributed by atoms with Crippen LogP contribution in [0, 0.1) is 0 Å². The molecule has 1 amide bonds. The van der Waals surface area contributed by atoms with Crippen molar-refractivity contribution in [3.8, 4) is 0 Å². The molecule has 9 nitrogen and oxygen atoms in total. The number of fused-ring (bicyclic) bond motifs is 1. The smallest absolute Gasteiger partial charge is 0.407 e. The molecule has 0 aromatic carbocycles. The number of aliphatic hydroxyl groups excluding tert-OH is 1. The van der Waals surface area contributed by atoms with Gasteiger partial charge in [0.25, 0.3) is 0 Å². The fourth-order valence-electron chi connectivity index (χ4n) is 2.54. The van der Waals surface area contributed by atoms with E-state index < -0.39 is 6.09 Å². The Morgan fingerprint density at radius 3 is 2.88 bits per heavy atom. The van der Waals surface area contributed by atoms with E-state index in [0.29, 0.717) is 35.9 Å². The third kappa shape index (κ3) is 3.59. The second kappa shape index (κ2) is 6.96. The molecule has 0 spiro atoms. The summed E-state index contributed by atoms with van der Waals surface area (Å²) in [5.41, 5.74) is 1.14. The number of pyridine rings is 1. The topological polar surface area (TPSA) is 115 Å². The van der Waals surface area contributed by atoms with Crippen LogP contribution in [0.1, 0.15) is 6.92 Å². The molecule has 3 rings (SSSR count). The fourth-order valence-corrected chi connectivity index (χ4v) is 2.86. The van der Waals surface area contributed by atoms with Crippen LogP contribution in [0.4, 0.5) is 16.4 Å². The van der Waals surface area contributed by atoms with Gasteiger partial charge in [-0.25, -0.2) is 19.7 Å². The number of likely N-dealkylation sites (N-methyl/N-ethyl adjacent to an activating group) is 1. The summed E-state index contributed by atoms with van der Waals surface area (Å²) in [7, 11) is 1.56. The Kier molecular flexibility index (Phi) is 4.91. The van der Waals surface area contributed by atoms with Gasteiger partial charge in [0.15, 0.2) is 17.3 Å². The van der Waals surface area contributed by atoms with Crippen molar-refractivity contribution in [1.29, 1.82) is 0 Å². The zero-order valence-corrected chi connectivity index (χ0v) is 15.4. The van der Waals surface area contributed by atoms with Crippen molar-refractivity contribution in [2.75, 3.05) is 37.0 Å². The maximum Gasteiger partial charge on any atom is 0.407 e. The Labute approximate surface area is 152 Å². The number of anilines is 2. The van der Waals surface area contributed by atoms with Crippen LogP contribution >= 0.6 is 15.9 Å². The zero-order valence-electron chi connectivity index (χ0n) is 13.8. The van der Waals surface area contributed by atoms with E-state index in [9.17, 15) is 9.90 Å². The molecule has 1 saturated heterocycles. The summed E-state index contributed by atoms with van der Waals surface area (Å²) < 4.78 is 0.801. The lowest BCUT2D eigenvalue weighted by Gasteiger charge is -2.44. The van der Waals surface area contributed by atoms with Gasteiger partial charge in [0.2, 0.25) is 0 Å². The van der Waals surface area contributed by atoms with Crippen molar-refractivity contribution in [3.63, 3.8) is 0 Å². The Balaban J connectivity index is 1.91. The predicted octanol–water partition coefficient (Wildman–Crippen LogP) is 1.38. The number of halogens is 1. The quantitative estimate of drug-likeness (QED) is 0.676. The Bertz CT molecular complexity index is 798. The normalized spacial score (nSPS) is 15.8. The van der Waals surface area contributed by atoms with Gasteiger partial charge in [-0.1, -0.05) is 0 Å². The molecule has 25 heavy (non-hydrogen) atoms. The maximum absolute atomic E-state index is 11.1. The van der Waals surface area contributed by atoms with Crippen LogP contribution < -0.4 is 10.2 Å². The van der Waals surface area contributed by atoms with Crippen LogP contribution in [0.5, 0.6) is 0 Å². The van der Waals surface area contributed by atoms with Crippen LogP contribution in [0.25, 0.3) is 11.2 Å². The molecule has 0 radical (unpaired) electrons. The number of aromatic nitrogens is 3. The molecule has 0 saturated carbocycles. The van der Waals surface area contributed by atoms with Crippen LogP contribution in [-0.2, 0) is 0 Å². The lowest BCUT2D eigenvalue weighted by atomic mass is 10.1. The van der Waals surface area contributed by atoms with Gasteiger partial charge in [0, 0.05) is 36.8 Å². The summed E-state index contributed by atoms with van der Waals surface area (Å²) in [5, 5.41) is 21.5. The molecule has 1 aliphatic heterocycles. The highest BCUT2D eigenvalue weighted by atomic mass is 79.9. The van der Waals surface area contributed by atoms with Crippen molar-refractivity contribution in [3.05, 3.63) is 16.7 Å². The van der Waals surface area contributed by atoms with E-state index in [1.165, 1.54) is 4.90 Å². The van der Waals surface area contributed by atoms with Gasteiger partial charge in [0.1, 0.15) is 5.52 Å². The minimum Gasteiger partial charge on any atom is -0.465 e. The number of carboxylic acid groups (broad SMARTS) is 1. The van der Waals surface area contributed by atoms with E-state index in [4.69, 9.17) is 5.11 Å². The molecule has 2 aromatic rings. The van der Waals surface area contributed by atoms with E-state index in [0.717, 1.165) is 4.47 Å². The number of carbonyl (C=O) groups is 1. The van der Waals surface area contributed by atoms with Crippen LogP contribution in [0.2, 0.25) is 0 Å². The number of rotatable bonds is 5. The Morgan fingerprint density at radius 2 is 2.24 bits per heavy atom. The summed E-state index contributed by atoms with van der Waals surface area (Å²) >= 11 is 3.37. The van der Waals surface area contributed by atoms with Crippen molar-refractivity contribution < 1.29 is 15.0 Å². The zero-order chi connectivity index (χ0) is 18.1. The lowest BCUT2D eigenvalue weighted by molar-refractivity contribution is 0.130. The average Bonchev–Trinajstić information content (AvgIpc) is 2.53. The van der Waals surface area contributed by atoms with Crippen LogP contribution in [0.15, 0.2) is 16.7 Å². The predicted molar refractivity (Wildman–Crippen MR) is 97.0 cm³/mol. The monoisotopic (exact) mass is 410 g/mol. The summed E-state index contributed by atoms with van der Waals surface area (Å²) in [6.07, 6.45) is 0.703. The molecule has 3 N–H and O–H groups in total. The summed E-state index contributed by atoms with van der Waals surface area (Å²) in [5.74, 6) is 1.16. The van der Waals surface area contributed by atoms with Crippen molar-refractivity contribution in [2.45, 2.75) is 19.0 Å². The second-order valence-corrected chi connectivity index (χ2v) is 6.99. The minimum atomic E-state index is -0.951. The van der Waals surface area contributed by atoms with Crippen molar-refractivity contribution in [1.82, 2.24) is 19.9 Å². The second-order valence-electron chi connectivity index (χ2n) is 6.07. The molecule has 1 atom stereocenters. The number of nitrogens with zero attached hydrogens (tertiary/aromatic N) is 5. The summed E-state index contributed by atoms with van der Waals surface area (Å²) in [6.45, 7) is 2.86. The molecule has 10 heteroatoms. The fraction of sp³-hybridized carbons (Fsp3) is 0.467. The van der Waals surface area contributed by atoms with Gasteiger partial charge in [-0.2, -0.15) is 0 Å². The average molecular weight is 411 g/mol. The number of aliphatic hydroxyl groups is 1. The largest absolute Gasteiger partial charge is 0.465 e. The number of hydrogen-bond acceptors (Lipinski definition) is 7. The number of nitrogens with one attached hydrogen (secondary N) is 1. The van der Waals surface area contributed by atoms with Gasteiger partial charge in [-0.15, -0.1) is 0 Å². The van der Waals surface area contributed by atoms with E-state index >= 15 is 0 Å². The first-order valence-corrected chi connectivity index (χ1v) is 8.59. The highest BCUT2D eigenvalue weighted by molar-refractivity contribution is 9.10. The van der Waals surface area contributed by atoms with Gasteiger partial charge in [0.05, 0.1) is 12.6 Å². The lowest BCUT2D eigenvalue weighted by Crippen LogP contribution is -2.60. The Morgan fingerprint density at radius 1 is 1.52 bits per heavy atom. The van der Waals surface area contributed by atoms with E-state index in [-0.39, 0.29) is 18.7 Å². The molecule has 0 bridgehead atoms. The van der Waals surface area contributed by atoms with Gasteiger partial charge >= 0.3 is 6.09 Å². The molecule has 1 unspecified atom stereocenters. The molecule has 134 valence electrons. The first-order valence-electron chi connectivity index (χ1n) is 7.80. The molecule has 3 heterocycles. The molecular weight excluding hydrogens is 392 g/mol. The third-order valence-electron chi connectivity index (χ3n) is 4.14. The van der Waals surface area contributed by atoms with E-state index in [2.05, 4.69) is 36.2 Å². The molecular formula is C15H19BrN6O3. The van der Waals surface area contributed by atoms with Crippen molar-refractivity contribution in [2.24, 2.45) is 0 Å². The van der Waals surface area contributed by atoms with Crippen molar-refractivity contribution >= 4 is 44.8 Å². The highest BCUT2D eigenvalue weighted by Gasteiger charge is 2.35. The van der Waals surface area contributed by atoms with Gasteiger partial charge in [-0.3, -0.25) is 0 Å². The number of hydrogen-bond donors (Lipinski definition) is 3.